The molecule has 2 heterocycles. The van der Waals surface area contributed by atoms with Crippen molar-refractivity contribution < 1.29 is 4.79 Å². The number of rotatable bonds is 6. The van der Waals surface area contributed by atoms with Crippen LogP contribution in [-0.4, -0.2) is 61.5 Å². The molecule has 0 radical (unpaired) electrons. The molecule has 1 aliphatic carbocycles. The number of hydrogen-bond acceptors (Lipinski definition) is 4. The average molecular weight is 437 g/mol. The first-order valence-corrected chi connectivity index (χ1v) is 11.9. The van der Waals surface area contributed by atoms with Crippen molar-refractivity contribution in [2.45, 2.75) is 51.6 Å². The highest BCUT2D eigenvalue weighted by Crippen LogP contribution is 2.28. The number of nitrogens with one attached hydrogen (secondary N) is 2. The summed E-state index contributed by atoms with van der Waals surface area (Å²) in [6.45, 7) is 5.05. The van der Waals surface area contributed by atoms with Crippen LogP contribution >= 0.6 is 0 Å². The van der Waals surface area contributed by atoms with Gasteiger partial charge in [-0.1, -0.05) is 31.0 Å². The third-order valence-corrected chi connectivity index (χ3v) is 6.54. The third-order valence-electron chi connectivity index (χ3n) is 6.54. The minimum atomic E-state index is 0.240. The van der Waals surface area contributed by atoms with E-state index in [1.807, 2.05) is 37.2 Å². The molecule has 1 atom stereocenters. The van der Waals surface area contributed by atoms with E-state index in [1.54, 1.807) is 0 Å². The molecule has 4 rings (SSSR count). The van der Waals surface area contributed by atoms with Gasteiger partial charge in [-0.3, -0.25) is 4.79 Å². The van der Waals surface area contributed by atoms with Crippen LogP contribution in [0.5, 0.6) is 0 Å². The lowest BCUT2D eigenvalue weighted by molar-refractivity contribution is -0.134. The minimum absolute atomic E-state index is 0.240. The summed E-state index contributed by atoms with van der Waals surface area (Å²) in [6, 6.07) is 10.6. The zero-order valence-corrected chi connectivity index (χ0v) is 19.6. The monoisotopic (exact) mass is 436 g/mol. The number of likely N-dealkylation sites (tertiary alicyclic amines) is 1. The molecule has 32 heavy (non-hydrogen) atoms. The molecular formula is C25H36N6O. The van der Waals surface area contributed by atoms with Gasteiger partial charge in [-0.15, -0.1) is 0 Å². The van der Waals surface area contributed by atoms with Crippen molar-refractivity contribution in [1.82, 2.24) is 20.5 Å². The summed E-state index contributed by atoms with van der Waals surface area (Å²) in [4.78, 5) is 26.5. The van der Waals surface area contributed by atoms with Gasteiger partial charge in [-0.2, -0.15) is 0 Å². The van der Waals surface area contributed by atoms with E-state index in [0.717, 1.165) is 67.1 Å². The molecule has 172 valence electrons. The maximum atomic E-state index is 12.8. The van der Waals surface area contributed by atoms with Gasteiger partial charge < -0.3 is 20.4 Å². The summed E-state index contributed by atoms with van der Waals surface area (Å²) < 4.78 is 0. The van der Waals surface area contributed by atoms with Gasteiger partial charge >= 0.3 is 0 Å². The summed E-state index contributed by atoms with van der Waals surface area (Å²) in [5.41, 5.74) is 2.14. The second-order valence-electron chi connectivity index (χ2n) is 9.14. The van der Waals surface area contributed by atoms with Crippen molar-refractivity contribution in [3.63, 3.8) is 0 Å². The van der Waals surface area contributed by atoms with Crippen LogP contribution in [0.4, 0.5) is 5.82 Å². The second-order valence-corrected chi connectivity index (χ2v) is 9.14. The maximum absolute atomic E-state index is 12.8. The lowest BCUT2D eigenvalue weighted by Crippen LogP contribution is -2.45. The SMILES string of the molecule is CCNC(=NCc1cc(N(C)C)nc2ccccc12)NC1CCN(C(=O)C2CCCC2)C1. The van der Waals surface area contributed by atoms with Crippen molar-refractivity contribution in [2.75, 3.05) is 38.6 Å². The first kappa shape index (κ1) is 22.4. The number of aromatic nitrogens is 1. The number of guanidine groups is 1. The highest BCUT2D eigenvalue weighted by atomic mass is 16.2. The lowest BCUT2D eigenvalue weighted by atomic mass is 10.1. The fraction of sp³-hybridized carbons (Fsp3) is 0.560. The van der Waals surface area contributed by atoms with Gasteiger partial charge in [0.1, 0.15) is 5.82 Å². The minimum Gasteiger partial charge on any atom is -0.363 e. The molecule has 2 aromatic rings. The number of anilines is 1. The van der Waals surface area contributed by atoms with E-state index in [0.29, 0.717) is 12.5 Å². The number of fused-ring (bicyclic) bond motifs is 1. The molecule has 2 aliphatic rings. The summed E-state index contributed by atoms with van der Waals surface area (Å²) in [6.07, 6.45) is 5.48. The fourth-order valence-electron chi connectivity index (χ4n) is 4.78. The van der Waals surface area contributed by atoms with Gasteiger partial charge in [0.15, 0.2) is 5.96 Å². The van der Waals surface area contributed by atoms with Crippen molar-refractivity contribution >= 4 is 28.6 Å². The van der Waals surface area contributed by atoms with Crippen molar-refractivity contribution in [3.8, 4) is 0 Å². The Morgan fingerprint density at radius 1 is 1.22 bits per heavy atom. The molecular weight excluding hydrogens is 400 g/mol. The second kappa shape index (κ2) is 10.2. The molecule has 2 N–H and O–H groups in total. The van der Waals surface area contributed by atoms with Crippen LogP contribution in [0.25, 0.3) is 10.9 Å². The topological polar surface area (TPSA) is 72.9 Å². The highest BCUT2D eigenvalue weighted by molar-refractivity contribution is 5.85. The van der Waals surface area contributed by atoms with Crippen molar-refractivity contribution in [3.05, 3.63) is 35.9 Å². The Balaban J connectivity index is 1.45. The number of pyridine rings is 1. The molecule has 2 fully saturated rings. The number of carbonyl (C=O) groups excluding carboxylic acids is 1. The Morgan fingerprint density at radius 2 is 2.00 bits per heavy atom. The quantitative estimate of drug-likeness (QED) is 0.538. The van der Waals surface area contributed by atoms with Crippen LogP contribution in [0.15, 0.2) is 35.3 Å². The van der Waals surface area contributed by atoms with E-state index in [4.69, 9.17) is 9.98 Å². The van der Waals surface area contributed by atoms with E-state index in [2.05, 4.69) is 34.6 Å². The highest BCUT2D eigenvalue weighted by Gasteiger charge is 2.32. The standard InChI is InChI=1S/C25H36N6O/c1-4-26-25(28-20-13-14-31(17-20)24(32)18-9-5-6-10-18)27-16-19-15-23(30(2)3)29-22-12-8-7-11-21(19)22/h7-8,11-12,15,18,20H,4-6,9-10,13-14,16-17H2,1-3H3,(H2,26,27,28). The fourth-order valence-corrected chi connectivity index (χ4v) is 4.78. The molecule has 1 saturated carbocycles. The normalized spacial score (nSPS) is 19.5. The zero-order chi connectivity index (χ0) is 22.5. The molecule has 1 amide bonds. The van der Waals surface area contributed by atoms with Crippen LogP contribution in [0.3, 0.4) is 0 Å². The molecule has 1 aromatic heterocycles. The van der Waals surface area contributed by atoms with E-state index >= 15 is 0 Å². The van der Waals surface area contributed by atoms with E-state index < -0.39 is 0 Å². The molecule has 1 saturated heterocycles. The third kappa shape index (κ3) is 5.14. The number of hydrogen-bond donors (Lipinski definition) is 2. The largest absolute Gasteiger partial charge is 0.363 e. The summed E-state index contributed by atoms with van der Waals surface area (Å²) in [5, 5.41) is 8.07. The summed E-state index contributed by atoms with van der Waals surface area (Å²) in [5.74, 6) is 2.35. The van der Waals surface area contributed by atoms with E-state index in [9.17, 15) is 4.79 Å². The van der Waals surface area contributed by atoms with E-state index in [-0.39, 0.29) is 12.0 Å². The predicted octanol–water partition coefficient (Wildman–Crippen LogP) is 3.15. The van der Waals surface area contributed by atoms with Crippen molar-refractivity contribution in [2.24, 2.45) is 10.9 Å². The molecule has 7 nitrogen and oxygen atoms in total. The van der Waals surface area contributed by atoms with Gasteiger partial charge in [-0.05, 0) is 43.9 Å². The number of amides is 1. The van der Waals surface area contributed by atoms with Crippen LogP contribution in [0.2, 0.25) is 0 Å². The van der Waals surface area contributed by atoms with Gasteiger partial charge in [0, 0.05) is 51.1 Å². The number of para-hydroxylation sites is 1. The average Bonchev–Trinajstić information content (AvgIpc) is 3.49. The number of carbonyl (C=O) groups is 1. The zero-order valence-electron chi connectivity index (χ0n) is 19.6. The summed E-state index contributed by atoms with van der Waals surface area (Å²) >= 11 is 0. The lowest BCUT2D eigenvalue weighted by Gasteiger charge is -2.21. The molecule has 1 aliphatic heterocycles. The Labute approximate surface area is 191 Å². The van der Waals surface area contributed by atoms with E-state index in [1.165, 1.54) is 12.8 Å². The molecule has 0 bridgehead atoms. The first-order chi connectivity index (χ1) is 15.5. The van der Waals surface area contributed by atoms with Crippen LogP contribution < -0.4 is 15.5 Å². The smallest absolute Gasteiger partial charge is 0.225 e. The molecule has 1 unspecified atom stereocenters. The van der Waals surface area contributed by atoms with Gasteiger partial charge in [0.2, 0.25) is 5.91 Å². The predicted molar refractivity (Wildman–Crippen MR) is 131 cm³/mol. The summed E-state index contributed by atoms with van der Waals surface area (Å²) in [7, 11) is 4.02. The molecule has 1 aromatic carbocycles. The Morgan fingerprint density at radius 3 is 2.75 bits per heavy atom. The number of aliphatic imine (C=N–C) groups is 1. The Kier molecular flexibility index (Phi) is 7.12. The number of benzene rings is 1. The molecule has 7 heteroatoms. The Hall–Kier alpha value is -2.83. The van der Waals surface area contributed by atoms with Crippen LogP contribution in [-0.2, 0) is 11.3 Å². The van der Waals surface area contributed by atoms with Crippen LogP contribution in [0.1, 0.15) is 44.6 Å². The van der Waals surface area contributed by atoms with Crippen molar-refractivity contribution in [1.29, 1.82) is 0 Å². The number of nitrogens with zero attached hydrogens (tertiary/aromatic N) is 4. The van der Waals surface area contributed by atoms with Gasteiger partial charge in [-0.25, -0.2) is 9.98 Å². The first-order valence-electron chi connectivity index (χ1n) is 11.9. The molecule has 0 spiro atoms. The van der Waals surface area contributed by atoms with Crippen LogP contribution in [0, 0.1) is 5.92 Å². The van der Waals surface area contributed by atoms with Gasteiger partial charge in [0.05, 0.1) is 12.1 Å². The van der Waals surface area contributed by atoms with Gasteiger partial charge in [0.25, 0.3) is 0 Å². The Bertz CT molecular complexity index is 966. The maximum Gasteiger partial charge on any atom is 0.225 e.